The Morgan fingerprint density at radius 3 is 2.38 bits per heavy atom. The predicted octanol–water partition coefficient (Wildman–Crippen LogP) is 4.45. The second-order valence-corrected chi connectivity index (χ2v) is 8.40. The Bertz CT molecular complexity index is 1280. The summed E-state index contributed by atoms with van der Waals surface area (Å²) in [5.74, 6) is 1.88. The number of benzene rings is 2. The molecule has 0 bridgehead atoms. The minimum atomic E-state index is -0.119. The van der Waals surface area contributed by atoms with Crippen LogP contribution in [0.1, 0.15) is 21.7 Å². The molecule has 1 aliphatic heterocycles. The van der Waals surface area contributed by atoms with Gasteiger partial charge in [0.15, 0.2) is 11.5 Å². The lowest BCUT2D eigenvalue weighted by Gasteiger charge is -2.35. The lowest BCUT2D eigenvalue weighted by Crippen LogP contribution is -2.49. The van der Waals surface area contributed by atoms with Crippen molar-refractivity contribution in [3.63, 3.8) is 0 Å². The number of nitrogens with one attached hydrogen (secondary N) is 1. The Kier molecular flexibility index (Phi) is 5.95. The molecule has 1 N–H and O–H groups in total. The molecular weight excluding hydrogens is 428 g/mol. The third kappa shape index (κ3) is 4.76. The summed E-state index contributed by atoms with van der Waals surface area (Å²) in [6.07, 6.45) is 0. The summed E-state index contributed by atoms with van der Waals surface area (Å²) in [4.78, 5) is 26.2. The highest BCUT2D eigenvalue weighted by Gasteiger charge is 2.25. The van der Waals surface area contributed by atoms with E-state index >= 15 is 0 Å². The normalized spacial score (nSPS) is 13.7. The van der Waals surface area contributed by atoms with Gasteiger partial charge in [0.2, 0.25) is 5.95 Å². The number of nitrogens with zero attached hydrogens (tertiary/aromatic N) is 5. The minimum absolute atomic E-state index is 0.119. The molecule has 8 nitrogen and oxygen atoms in total. The molecule has 0 spiro atoms. The standard InChI is InChI=1S/C26H26N6O2/c1-18-8-10-21(11-9-18)28-26-27-19(2)16-24(29-26)31-12-14-32(15-13-31)25(33)22-17-23(34-30-22)20-6-4-3-5-7-20/h3-11,16-17H,12-15H2,1-2H3,(H,27,28,29). The van der Waals surface area contributed by atoms with Crippen molar-refractivity contribution in [1.29, 1.82) is 0 Å². The van der Waals surface area contributed by atoms with Crippen molar-refractivity contribution < 1.29 is 9.32 Å². The van der Waals surface area contributed by atoms with Gasteiger partial charge in [0, 0.05) is 55.3 Å². The summed E-state index contributed by atoms with van der Waals surface area (Å²) in [5.41, 5.74) is 4.25. The van der Waals surface area contributed by atoms with Crippen LogP contribution in [-0.2, 0) is 0 Å². The average Bonchev–Trinajstić information content (AvgIpc) is 3.36. The van der Waals surface area contributed by atoms with E-state index in [-0.39, 0.29) is 5.91 Å². The molecule has 1 amide bonds. The summed E-state index contributed by atoms with van der Waals surface area (Å²) in [6.45, 7) is 6.53. The topological polar surface area (TPSA) is 87.4 Å². The molecule has 4 aromatic rings. The van der Waals surface area contributed by atoms with E-state index in [0.29, 0.717) is 43.6 Å². The molecule has 0 radical (unpaired) electrons. The van der Waals surface area contributed by atoms with E-state index in [1.54, 1.807) is 6.07 Å². The summed E-state index contributed by atoms with van der Waals surface area (Å²) >= 11 is 0. The first kappa shape index (κ1) is 21.6. The zero-order valence-electron chi connectivity index (χ0n) is 19.2. The maximum absolute atomic E-state index is 13.0. The van der Waals surface area contributed by atoms with E-state index in [9.17, 15) is 4.79 Å². The van der Waals surface area contributed by atoms with E-state index in [1.165, 1.54) is 5.56 Å². The summed E-state index contributed by atoms with van der Waals surface area (Å²) in [7, 11) is 0. The fourth-order valence-electron chi connectivity index (χ4n) is 3.95. The van der Waals surface area contributed by atoms with Crippen LogP contribution in [0.25, 0.3) is 11.3 Å². The molecule has 1 aliphatic rings. The molecule has 172 valence electrons. The first-order valence-corrected chi connectivity index (χ1v) is 11.3. The van der Waals surface area contributed by atoms with Crippen molar-refractivity contribution in [1.82, 2.24) is 20.0 Å². The van der Waals surface area contributed by atoms with Gasteiger partial charge in [-0.15, -0.1) is 0 Å². The van der Waals surface area contributed by atoms with Gasteiger partial charge in [-0.3, -0.25) is 4.79 Å². The maximum atomic E-state index is 13.0. The number of anilines is 3. The lowest BCUT2D eigenvalue weighted by molar-refractivity contribution is 0.0736. The summed E-state index contributed by atoms with van der Waals surface area (Å²) < 4.78 is 5.40. The van der Waals surface area contributed by atoms with Crippen molar-refractivity contribution in [2.45, 2.75) is 13.8 Å². The van der Waals surface area contributed by atoms with Crippen LogP contribution in [0, 0.1) is 13.8 Å². The molecule has 1 fully saturated rings. The van der Waals surface area contributed by atoms with E-state index in [0.717, 1.165) is 22.8 Å². The van der Waals surface area contributed by atoms with E-state index in [1.807, 2.05) is 72.5 Å². The van der Waals surface area contributed by atoms with Gasteiger partial charge in [-0.25, -0.2) is 4.98 Å². The lowest BCUT2D eigenvalue weighted by atomic mass is 10.1. The largest absolute Gasteiger partial charge is 0.355 e. The van der Waals surface area contributed by atoms with Crippen LogP contribution in [0.2, 0.25) is 0 Å². The Morgan fingerprint density at radius 2 is 1.65 bits per heavy atom. The fourth-order valence-corrected chi connectivity index (χ4v) is 3.95. The smallest absolute Gasteiger partial charge is 0.276 e. The molecule has 0 aliphatic carbocycles. The molecule has 34 heavy (non-hydrogen) atoms. The Morgan fingerprint density at radius 1 is 0.912 bits per heavy atom. The van der Waals surface area contributed by atoms with Crippen molar-refractivity contribution >= 4 is 23.4 Å². The minimum Gasteiger partial charge on any atom is -0.355 e. The average molecular weight is 455 g/mol. The van der Waals surface area contributed by atoms with Crippen LogP contribution in [0.15, 0.2) is 71.3 Å². The third-order valence-electron chi connectivity index (χ3n) is 5.83. The number of aryl methyl sites for hydroxylation is 2. The molecule has 5 rings (SSSR count). The number of carbonyl (C=O) groups is 1. The van der Waals surface area contributed by atoms with Gasteiger partial charge in [0.1, 0.15) is 5.82 Å². The second-order valence-electron chi connectivity index (χ2n) is 8.40. The molecule has 8 heteroatoms. The number of hydrogen-bond donors (Lipinski definition) is 1. The van der Waals surface area contributed by atoms with Crippen LogP contribution in [0.4, 0.5) is 17.5 Å². The van der Waals surface area contributed by atoms with Crippen molar-refractivity contribution in [3.05, 3.63) is 83.7 Å². The summed E-state index contributed by atoms with van der Waals surface area (Å²) in [6, 6.07) is 21.5. The van der Waals surface area contributed by atoms with Gasteiger partial charge in [0.25, 0.3) is 5.91 Å². The van der Waals surface area contributed by atoms with E-state index < -0.39 is 0 Å². The third-order valence-corrected chi connectivity index (χ3v) is 5.83. The van der Waals surface area contributed by atoms with Crippen molar-refractivity contribution in [3.8, 4) is 11.3 Å². The Hall–Kier alpha value is -4.20. The van der Waals surface area contributed by atoms with Crippen LogP contribution in [0.5, 0.6) is 0 Å². The molecule has 2 aromatic carbocycles. The molecule has 1 saturated heterocycles. The van der Waals surface area contributed by atoms with Gasteiger partial charge in [0.05, 0.1) is 0 Å². The predicted molar refractivity (Wildman–Crippen MR) is 131 cm³/mol. The molecular formula is C26H26N6O2. The number of rotatable bonds is 5. The zero-order valence-corrected chi connectivity index (χ0v) is 19.2. The monoisotopic (exact) mass is 454 g/mol. The maximum Gasteiger partial charge on any atom is 0.276 e. The number of hydrogen-bond acceptors (Lipinski definition) is 7. The molecule has 3 heterocycles. The fraction of sp³-hybridized carbons (Fsp3) is 0.231. The number of piperazine rings is 1. The quantitative estimate of drug-likeness (QED) is 0.476. The van der Waals surface area contributed by atoms with Gasteiger partial charge < -0.3 is 19.6 Å². The molecule has 0 unspecified atom stereocenters. The number of aromatic nitrogens is 3. The second kappa shape index (κ2) is 9.35. The SMILES string of the molecule is Cc1ccc(Nc2nc(C)cc(N3CCN(C(=O)c4cc(-c5ccccc5)on4)CC3)n2)cc1. The number of amides is 1. The van der Waals surface area contributed by atoms with Gasteiger partial charge >= 0.3 is 0 Å². The van der Waals surface area contributed by atoms with E-state index in [2.05, 4.69) is 27.3 Å². The first-order valence-electron chi connectivity index (χ1n) is 11.3. The Balaban J connectivity index is 1.24. The van der Waals surface area contributed by atoms with Crippen molar-refractivity contribution in [2.75, 3.05) is 36.4 Å². The van der Waals surface area contributed by atoms with Crippen LogP contribution >= 0.6 is 0 Å². The Labute approximate surface area is 198 Å². The van der Waals surface area contributed by atoms with Gasteiger partial charge in [-0.2, -0.15) is 4.98 Å². The van der Waals surface area contributed by atoms with Crippen molar-refractivity contribution in [2.24, 2.45) is 0 Å². The first-order chi connectivity index (χ1) is 16.5. The van der Waals surface area contributed by atoms with Crippen LogP contribution in [-0.4, -0.2) is 52.1 Å². The highest BCUT2D eigenvalue weighted by molar-refractivity contribution is 5.93. The van der Waals surface area contributed by atoms with Crippen LogP contribution < -0.4 is 10.2 Å². The molecule has 2 aromatic heterocycles. The molecule has 0 saturated carbocycles. The zero-order chi connectivity index (χ0) is 23.5. The molecule has 0 atom stereocenters. The highest BCUT2D eigenvalue weighted by atomic mass is 16.5. The van der Waals surface area contributed by atoms with Gasteiger partial charge in [-0.1, -0.05) is 53.2 Å². The number of carbonyl (C=O) groups excluding carboxylic acids is 1. The van der Waals surface area contributed by atoms with Gasteiger partial charge in [-0.05, 0) is 26.0 Å². The van der Waals surface area contributed by atoms with E-state index in [4.69, 9.17) is 9.51 Å². The highest BCUT2D eigenvalue weighted by Crippen LogP contribution is 2.23. The van der Waals surface area contributed by atoms with Crippen LogP contribution in [0.3, 0.4) is 0 Å². The summed E-state index contributed by atoms with van der Waals surface area (Å²) in [5, 5.41) is 7.29.